The number of carbonyl (C=O) groups excluding carboxylic acids is 1. The van der Waals surface area contributed by atoms with Gasteiger partial charge in [0.25, 0.3) is 0 Å². The highest BCUT2D eigenvalue weighted by Gasteiger charge is 2.12. The van der Waals surface area contributed by atoms with E-state index in [4.69, 9.17) is 11.6 Å². The van der Waals surface area contributed by atoms with E-state index >= 15 is 0 Å². The van der Waals surface area contributed by atoms with E-state index in [0.717, 1.165) is 0 Å². The molecule has 8 heteroatoms. The van der Waals surface area contributed by atoms with Crippen LogP contribution in [0.4, 0.5) is 29.3 Å². The van der Waals surface area contributed by atoms with Crippen LogP contribution in [0.1, 0.15) is 0 Å². The molecule has 0 saturated carbocycles. The molecule has 1 aromatic carbocycles. The third-order valence-corrected chi connectivity index (χ3v) is 2.45. The van der Waals surface area contributed by atoms with Crippen molar-refractivity contribution in [2.45, 2.75) is 0 Å². The number of halogens is 4. The molecule has 2 N–H and O–H groups in total. The number of carbonyl (C=O) groups is 1. The molecule has 4 nitrogen and oxygen atoms in total. The average Bonchev–Trinajstić information content (AvgIpc) is 2.36. The fourth-order valence-electron chi connectivity index (χ4n) is 1.38. The van der Waals surface area contributed by atoms with Gasteiger partial charge in [0.1, 0.15) is 11.0 Å². The lowest BCUT2D eigenvalue weighted by Gasteiger charge is -2.08. The molecule has 20 heavy (non-hydrogen) atoms. The van der Waals surface area contributed by atoms with Gasteiger partial charge in [0.15, 0.2) is 11.6 Å². The second-order valence-corrected chi connectivity index (χ2v) is 4.08. The smallest absolute Gasteiger partial charge is 0.308 e. The number of amides is 2. The molecular weight excluding hydrogens is 295 g/mol. The fraction of sp³-hybridized carbons (Fsp3) is 0. The summed E-state index contributed by atoms with van der Waals surface area (Å²) >= 11 is 5.62. The summed E-state index contributed by atoms with van der Waals surface area (Å²) in [7, 11) is 0. The van der Waals surface area contributed by atoms with Crippen molar-refractivity contribution in [2.75, 3.05) is 10.6 Å². The second kappa shape index (κ2) is 5.79. The van der Waals surface area contributed by atoms with E-state index in [9.17, 15) is 18.0 Å². The molecule has 1 aromatic heterocycles. The van der Waals surface area contributed by atoms with Crippen LogP contribution in [0, 0.1) is 17.5 Å². The minimum absolute atomic E-state index is 0.154. The van der Waals surface area contributed by atoms with Crippen molar-refractivity contribution in [3.8, 4) is 0 Å². The molecule has 2 rings (SSSR count). The van der Waals surface area contributed by atoms with E-state index in [1.54, 1.807) is 0 Å². The van der Waals surface area contributed by atoms with E-state index in [1.807, 2.05) is 0 Å². The van der Waals surface area contributed by atoms with Crippen LogP contribution < -0.4 is 10.6 Å². The predicted molar refractivity (Wildman–Crippen MR) is 68.2 cm³/mol. The molecule has 0 fully saturated rings. The van der Waals surface area contributed by atoms with Crippen molar-refractivity contribution < 1.29 is 18.0 Å². The SMILES string of the molecule is O=C(Nc1ccnc(Cl)c1)Nc1cc(F)c(F)cc1F. The molecule has 0 aliphatic rings. The third kappa shape index (κ3) is 3.39. The quantitative estimate of drug-likeness (QED) is 0.655. The van der Waals surface area contributed by atoms with Crippen molar-refractivity contribution >= 4 is 29.0 Å². The molecule has 0 aliphatic carbocycles. The van der Waals surface area contributed by atoms with Crippen LogP contribution in [0.3, 0.4) is 0 Å². The Bertz CT molecular complexity index is 666. The normalized spacial score (nSPS) is 10.2. The van der Waals surface area contributed by atoms with Crippen molar-refractivity contribution in [3.63, 3.8) is 0 Å². The van der Waals surface area contributed by atoms with Crippen molar-refractivity contribution in [3.05, 3.63) is 53.1 Å². The van der Waals surface area contributed by atoms with Crippen molar-refractivity contribution in [1.29, 1.82) is 0 Å². The van der Waals surface area contributed by atoms with Crippen LogP contribution in [0.25, 0.3) is 0 Å². The topological polar surface area (TPSA) is 54.0 Å². The van der Waals surface area contributed by atoms with Crippen molar-refractivity contribution in [1.82, 2.24) is 4.98 Å². The van der Waals surface area contributed by atoms with Crippen LogP contribution in [0.15, 0.2) is 30.5 Å². The van der Waals surface area contributed by atoms with E-state index in [2.05, 4.69) is 15.6 Å². The summed E-state index contributed by atoms with van der Waals surface area (Å²) in [5.41, 5.74) is -0.174. The molecule has 0 unspecified atom stereocenters. The lowest BCUT2D eigenvalue weighted by Crippen LogP contribution is -2.20. The van der Waals surface area contributed by atoms with E-state index in [0.29, 0.717) is 17.8 Å². The lowest BCUT2D eigenvalue weighted by atomic mass is 10.3. The Morgan fingerprint density at radius 1 is 1.05 bits per heavy atom. The van der Waals surface area contributed by atoms with Crippen LogP contribution >= 0.6 is 11.6 Å². The number of nitrogens with one attached hydrogen (secondary N) is 2. The maximum absolute atomic E-state index is 13.3. The minimum Gasteiger partial charge on any atom is -0.308 e. The largest absolute Gasteiger partial charge is 0.323 e. The van der Waals surface area contributed by atoms with Crippen LogP contribution in [-0.4, -0.2) is 11.0 Å². The number of rotatable bonds is 2. The molecular formula is C12H7ClF3N3O. The Labute approximate surface area is 116 Å². The first-order valence-electron chi connectivity index (χ1n) is 5.30. The molecule has 0 atom stereocenters. The first kappa shape index (κ1) is 14.1. The Morgan fingerprint density at radius 2 is 1.75 bits per heavy atom. The van der Waals surface area contributed by atoms with Crippen LogP contribution in [-0.2, 0) is 0 Å². The van der Waals surface area contributed by atoms with Gasteiger partial charge in [0.05, 0.1) is 5.69 Å². The second-order valence-electron chi connectivity index (χ2n) is 3.69. The first-order chi connectivity index (χ1) is 9.45. The lowest BCUT2D eigenvalue weighted by molar-refractivity contribution is 0.262. The summed E-state index contributed by atoms with van der Waals surface area (Å²) < 4.78 is 39.0. The number of urea groups is 1. The summed E-state index contributed by atoms with van der Waals surface area (Å²) in [5, 5.41) is 4.54. The van der Waals surface area contributed by atoms with Crippen LogP contribution in [0.2, 0.25) is 5.15 Å². The summed E-state index contributed by atoms with van der Waals surface area (Å²) in [6.07, 6.45) is 1.36. The Balaban J connectivity index is 2.10. The highest BCUT2D eigenvalue weighted by Crippen LogP contribution is 2.19. The van der Waals surface area contributed by atoms with Gasteiger partial charge in [-0.25, -0.2) is 22.9 Å². The molecule has 1 heterocycles. The third-order valence-electron chi connectivity index (χ3n) is 2.24. The molecule has 0 radical (unpaired) electrons. The van der Waals surface area contributed by atoms with Gasteiger partial charge in [0.2, 0.25) is 0 Å². The highest BCUT2D eigenvalue weighted by molar-refractivity contribution is 6.29. The van der Waals surface area contributed by atoms with Gasteiger partial charge in [-0.05, 0) is 12.1 Å². The van der Waals surface area contributed by atoms with Gasteiger partial charge in [-0.1, -0.05) is 11.6 Å². The average molecular weight is 302 g/mol. The molecule has 0 spiro atoms. The van der Waals surface area contributed by atoms with E-state index in [1.165, 1.54) is 18.3 Å². The summed E-state index contributed by atoms with van der Waals surface area (Å²) in [6, 6.07) is 2.87. The van der Waals surface area contributed by atoms with Crippen LogP contribution in [0.5, 0.6) is 0 Å². The van der Waals surface area contributed by atoms with Gasteiger partial charge < -0.3 is 10.6 Å². The van der Waals surface area contributed by atoms with Gasteiger partial charge in [0, 0.05) is 24.0 Å². The molecule has 104 valence electrons. The molecule has 0 aliphatic heterocycles. The highest BCUT2D eigenvalue weighted by atomic mass is 35.5. The van der Waals surface area contributed by atoms with Gasteiger partial charge in [-0.15, -0.1) is 0 Å². The fourth-order valence-corrected chi connectivity index (χ4v) is 1.56. The summed E-state index contributed by atoms with van der Waals surface area (Å²) in [6.45, 7) is 0. The molecule has 2 aromatic rings. The zero-order valence-electron chi connectivity index (χ0n) is 9.75. The summed E-state index contributed by atoms with van der Waals surface area (Å²) in [4.78, 5) is 15.3. The van der Waals surface area contributed by atoms with Gasteiger partial charge in [-0.2, -0.15) is 0 Å². The number of anilines is 2. The number of aromatic nitrogens is 1. The van der Waals surface area contributed by atoms with Crippen molar-refractivity contribution in [2.24, 2.45) is 0 Å². The number of pyridine rings is 1. The molecule has 0 bridgehead atoms. The minimum atomic E-state index is -1.34. The number of hydrogen-bond acceptors (Lipinski definition) is 2. The number of benzene rings is 1. The predicted octanol–water partition coefficient (Wildman–Crippen LogP) is 3.80. The van der Waals surface area contributed by atoms with E-state index < -0.39 is 29.2 Å². The monoisotopic (exact) mass is 301 g/mol. The first-order valence-corrected chi connectivity index (χ1v) is 5.67. The van der Waals surface area contributed by atoms with Gasteiger partial charge in [-0.3, -0.25) is 0 Å². The Kier molecular flexibility index (Phi) is 4.09. The maximum Gasteiger partial charge on any atom is 0.323 e. The molecule has 2 amide bonds. The molecule has 0 saturated heterocycles. The maximum atomic E-state index is 13.3. The van der Waals surface area contributed by atoms with Gasteiger partial charge >= 0.3 is 6.03 Å². The standard InChI is InChI=1S/C12H7ClF3N3O/c13-11-3-6(1-2-17-11)18-12(20)19-10-5-8(15)7(14)4-9(10)16/h1-5H,(H2,17,18,19,20). The Hall–Kier alpha value is -2.28. The van der Waals surface area contributed by atoms with E-state index in [-0.39, 0.29) is 5.15 Å². The number of nitrogens with zero attached hydrogens (tertiary/aromatic N) is 1. The Morgan fingerprint density at radius 3 is 2.45 bits per heavy atom. The summed E-state index contributed by atoms with van der Waals surface area (Å²) in [5.74, 6) is -3.70. The zero-order chi connectivity index (χ0) is 14.7. The zero-order valence-corrected chi connectivity index (χ0v) is 10.5. The number of hydrogen-bond donors (Lipinski definition) is 2.